The summed E-state index contributed by atoms with van der Waals surface area (Å²) >= 11 is 0. The van der Waals surface area contributed by atoms with Gasteiger partial charge in [0, 0.05) is 12.1 Å². The molecule has 0 unspecified atom stereocenters. The summed E-state index contributed by atoms with van der Waals surface area (Å²) in [5.41, 5.74) is 3.87. The minimum absolute atomic E-state index is 0. The van der Waals surface area contributed by atoms with Crippen molar-refractivity contribution in [1.82, 2.24) is 29.9 Å². The van der Waals surface area contributed by atoms with E-state index < -0.39 is 23.6 Å². The van der Waals surface area contributed by atoms with E-state index in [-0.39, 0.29) is 35.6 Å². The maximum atomic E-state index is 13.6. The van der Waals surface area contributed by atoms with Gasteiger partial charge in [0.25, 0.3) is 0 Å². The van der Waals surface area contributed by atoms with E-state index in [1.165, 1.54) is 32.7 Å². The standard InChI is InChI=1S/C11H8F4N4O2.C6H8N4O.ClH/c1-20-6-3-5(16-4-17-6)9-18-8(12)7(11(13,14)15)10(19-9)21-2;1-11-5-2-4(6(7)8)9-3-10-5;/h3-4H,1-2H3;2-3H,1H3,(H3,7,8);1H. The van der Waals surface area contributed by atoms with Crippen LogP contribution < -0.4 is 19.9 Å². The first kappa shape index (κ1) is 27.2. The number of nitrogens with one attached hydrogen (secondary N) is 1. The lowest BCUT2D eigenvalue weighted by Crippen LogP contribution is -2.14. The summed E-state index contributed by atoms with van der Waals surface area (Å²) in [5, 5.41) is 7.04. The Kier molecular flexibility index (Phi) is 9.59. The summed E-state index contributed by atoms with van der Waals surface area (Å²) in [5.74, 6) is -2.61. The second-order valence-corrected chi connectivity index (χ2v) is 5.52. The van der Waals surface area contributed by atoms with Crippen LogP contribution in [0.2, 0.25) is 0 Å². The minimum atomic E-state index is -4.97. The zero-order valence-electron chi connectivity index (χ0n) is 17.2. The average Bonchev–Trinajstić information content (AvgIpc) is 2.78. The number of nitrogen functional groups attached to an aromatic ring is 1. The molecule has 0 saturated heterocycles. The predicted octanol–water partition coefficient (Wildman–Crippen LogP) is 2.30. The molecule has 11 nitrogen and oxygen atoms in total. The zero-order chi connectivity index (χ0) is 23.9. The first-order chi connectivity index (χ1) is 15.1. The van der Waals surface area contributed by atoms with Gasteiger partial charge in [0.15, 0.2) is 11.4 Å². The Morgan fingerprint density at radius 1 is 0.909 bits per heavy atom. The smallest absolute Gasteiger partial charge is 0.426 e. The maximum Gasteiger partial charge on any atom is 0.426 e. The molecular formula is C17H17ClF4N8O3. The summed E-state index contributed by atoms with van der Waals surface area (Å²) in [6.07, 6.45) is -2.59. The maximum absolute atomic E-state index is 13.6. The van der Waals surface area contributed by atoms with E-state index in [9.17, 15) is 17.6 Å². The number of hydrogen-bond donors (Lipinski definition) is 2. The lowest BCUT2D eigenvalue weighted by molar-refractivity contribution is -0.142. The SMILES string of the molecule is COc1cc(-c2nc(F)c(C(F)(F)F)c(OC)n2)ncn1.COc1cc(C(=N)N)ncn1.Cl. The van der Waals surface area contributed by atoms with Crippen molar-refractivity contribution >= 4 is 18.2 Å². The number of halogens is 5. The van der Waals surface area contributed by atoms with Crippen molar-refractivity contribution in [3.05, 3.63) is 42.0 Å². The number of alkyl halides is 3. The van der Waals surface area contributed by atoms with E-state index in [0.717, 1.165) is 13.4 Å². The molecule has 3 rings (SSSR count). The Labute approximate surface area is 190 Å². The number of rotatable bonds is 5. The Balaban J connectivity index is 0.000000385. The Morgan fingerprint density at radius 3 is 2.00 bits per heavy atom. The molecule has 3 heterocycles. The summed E-state index contributed by atoms with van der Waals surface area (Å²) in [4.78, 5) is 21.7. The molecule has 3 aromatic rings. The molecule has 0 spiro atoms. The van der Waals surface area contributed by atoms with Crippen LogP contribution in [0.3, 0.4) is 0 Å². The zero-order valence-corrected chi connectivity index (χ0v) is 18.0. The third-order valence-electron chi connectivity index (χ3n) is 3.52. The molecule has 0 bridgehead atoms. The molecule has 0 atom stereocenters. The molecule has 16 heteroatoms. The molecule has 0 fully saturated rings. The Bertz CT molecular complexity index is 1100. The van der Waals surface area contributed by atoms with Crippen LogP contribution in [0.4, 0.5) is 17.6 Å². The number of nitrogens with two attached hydrogens (primary N) is 1. The quantitative estimate of drug-likeness (QED) is 0.234. The molecule has 3 N–H and O–H groups in total. The van der Waals surface area contributed by atoms with Gasteiger partial charge in [-0.05, 0) is 0 Å². The van der Waals surface area contributed by atoms with Gasteiger partial charge in [-0.3, -0.25) is 5.41 Å². The molecule has 0 saturated carbocycles. The van der Waals surface area contributed by atoms with Crippen molar-refractivity contribution < 1.29 is 31.8 Å². The number of aromatic nitrogens is 6. The van der Waals surface area contributed by atoms with Gasteiger partial charge in [-0.1, -0.05) is 0 Å². The second kappa shape index (κ2) is 11.7. The van der Waals surface area contributed by atoms with Gasteiger partial charge in [-0.2, -0.15) is 27.5 Å². The van der Waals surface area contributed by atoms with E-state index in [0.29, 0.717) is 11.6 Å². The largest absolute Gasteiger partial charge is 0.481 e. The van der Waals surface area contributed by atoms with Crippen molar-refractivity contribution in [2.75, 3.05) is 21.3 Å². The van der Waals surface area contributed by atoms with Crippen LogP contribution in [0.5, 0.6) is 17.6 Å². The van der Waals surface area contributed by atoms with Crippen molar-refractivity contribution in [2.45, 2.75) is 6.18 Å². The molecule has 0 aliphatic rings. The lowest BCUT2D eigenvalue weighted by Gasteiger charge is -2.12. The molecule has 33 heavy (non-hydrogen) atoms. The monoisotopic (exact) mass is 492 g/mol. The number of nitrogens with zero attached hydrogens (tertiary/aromatic N) is 6. The number of ether oxygens (including phenoxy) is 3. The molecule has 0 aliphatic carbocycles. The molecule has 0 aliphatic heterocycles. The average molecular weight is 493 g/mol. The van der Waals surface area contributed by atoms with Gasteiger partial charge < -0.3 is 19.9 Å². The first-order valence-electron chi connectivity index (χ1n) is 8.36. The highest BCUT2D eigenvalue weighted by atomic mass is 35.5. The highest BCUT2D eigenvalue weighted by Gasteiger charge is 2.40. The van der Waals surface area contributed by atoms with Gasteiger partial charge in [0.1, 0.15) is 29.9 Å². The van der Waals surface area contributed by atoms with Gasteiger partial charge in [-0.25, -0.2) is 19.9 Å². The van der Waals surface area contributed by atoms with Crippen LogP contribution in [0.15, 0.2) is 24.8 Å². The van der Waals surface area contributed by atoms with Crippen molar-refractivity contribution in [3.63, 3.8) is 0 Å². The number of methoxy groups -OCH3 is 3. The molecule has 0 radical (unpaired) electrons. The first-order valence-corrected chi connectivity index (χ1v) is 8.36. The van der Waals surface area contributed by atoms with Crippen LogP contribution >= 0.6 is 12.4 Å². The second-order valence-electron chi connectivity index (χ2n) is 5.52. The normalized spacial score (nSPS) is 10.3. The topological polar surface area (TPSA) is 155 Å². The van der Waals surface area contributed by atoms with Crippen LogP contribution in [0.25, 0.3) is 11.5 Å². The van der Waals surface area contributed by atoms with Gasteiger partial charge >= 0.3 is 6.18 Å². The fraction of sp³-hybridized carbons (Fsp3) is 0.235. The van der Waals surface area contributed by atoms with E-state index in [1.54, 1.807) is 0 Å². The van der Waals surface area contributed by atoms with Crippen LogP contribution in [-0.2, 0) is 6.18 Å². The summed E-state index contributed by atoms with van der Waals surface area (Å²) in [6, 6.07) is 2.75. The summed E-state index contributed by atoms with van der Waals surface area (Å²) in [7, 11) is 3.77. The fourth-order valence-corrected chi connectivity index (χ4v) is 2.09. The highest BCUT2D eigenvalue weighted by Crippen LogP contribution is 2.37. The third kappa shape index (κ3) is 7.06. The predicted molar refractivity (Wildman–Crippen MR) is 108 cm³/mol. The van der Waals surface area contributed by atoms with Crippen LogP contribution in [0.1, 0.15) is 11.3 Å². The molecule has 0 aromatic carbocycles. The molecule has 0 amide bonds. The minimum Gasteiger partial charge on any atom is -0.481 e. The number of hydrogen-bond acceptors (Lipinski definition) is 10. The van der Waals surface area contributed by atoms with E-state index in [1.807, 2.05) is 0 Å². The van der Waals surface area contributed by atoms with Gasteiger partial charge in [0.05, 0.1) is 21.3 Å². The van der Waals surface area contributed by atoms with Gasteiger partial charge in [-0.15, -0.1) is 12.4 Å². The van der Waals surface area contributed by atoms with Crippen molar-refractivity contribution in [1.29, 1.82) is 5.41 Å². The van der Waals surface area contributed by atoms with Crippen LogP contribution in [0, 0.1) is 11.4 Å². The highest BCUT2D eigenvalue weighted by molar-refractivity contribution is 5.93. The fourth-order valence-electron chi connectivity index (χ4n) is 2.09. The molecular weight excluding hydrogens is 476 g/mol. The van der Waals surface area contributed by atoms with E-state index in [4.69, 9.17) is 20.6 Å². The number of amidine groups is 1. The molecule has 178 valence electrons. The summed E-state index contributed by atoms with van der Waals surface area (Å²) < 4.78 is 65.9. The Morgan fingerprint density at radius 2 is 1.48 bits per heavy atom. The van der Waals surface area contributed by atoms with Crippen molar-refractivity contribution in [3.8, 4) is 29.2 Å². The lowest BCUT2D eigenvalue weighted by atomic mass is 10.3. The van der Waals surface area contributed by atoms with E-state index in [2.05, 4.69) is 34.6 Å². The summed E-state index contributed by atoms with van der Waals surface area (Å²) in [6.45, 7) is 0. The molecule has 3 aromatic heterocycles. The third-order valence-corrected chi connectivity index (χ3v) is 3.52. The van der Waals surface area contributed by atoms with Crippen molar-refractivity contribution in [2.24, 2.45) is 5.73 Å². The Hall–Kier alpha value is -3.88. The van der Waals surface area contributed by atoms with Crippen LogP contribution in [-0.4, -0.2) is 57.1 Å². The van der Waals surface area contributed by atoms with E-state index >= 15 is 0 Å². The van der Waals surface area contributed by atoms with Gasteiger partial charge in [0.2, 0.25) is 23.6 Å².